The summed E-state index contributed by atoms with van der Waals surface area (Å²) in [5, 5.41) is 11.6. The number of amides is 2. The summed E-state index contributed by atoms with van der Waals surface area (Å²) in [5.74, 6) is -0.146. The van der Waals surface area contributed by atoms with Crippen molar-refractivity contribution in [2.24, 2.45) is 5.92 Å². The molecule has 110 valence electrons. The van der Waals surface area contributed by atoms with E-state index in [1.165, 1.54) is 12.8 Å². The average Bonchev–Trinajstić information content (AvgIpc) is 2.62. The highest BCUT2D eigenvalue weighted by Crippen LogP contribution is 2.20. The van der Waals surface area contributed by atoms with Crippen LogP contribution >= 0.6 is 0 Å². The van der Waals surface area contributed by atoms with Gasteiger partial charge in [0.25, 0.3) is 0 Å². The van der Waals surface area contributed by atoms with Crippen LogP contribution < -0.4 is 5.32 Å². The molecule has 5 heteroatoms. The summed E-state index contributed by atoms with van der Waals surface area (Å²) >= 11 is 0. The lowest BCUT2D eigenvalue weighted by Crippen LogP contribution is -2.45. The first-order valence-electron chi connectivity index (χ1n) is 7.34. The Morgan fingerprint density at radius 2 is 2.05 bits per heavy atom. The topological polar surface area (TPSA) is 69.6 Å². The minimum Gasteiger partial charge on any atom is -0.481 e. The zero-order chi connectivity index (χ0) is 14.3. The van der Waals surface area contributed by atoms with E-state index in [1.54, 1.807) is 0 Å². The van der Waals surface area contributed by atoms with Crippen molar-refractivity contribution in [3.8, 4) is 0 Å². The van der Waals surface area contributed by atoms with Crippen molar-refractivity contribution < 1.29 is 14.7 Å². The number of carbonyl (C=O) groups is 2. The van der Waals surface area contributed by atoms with Gasteiger partial charge in [0, 0.05) is 19.1 Å². The maximum atomic E-state index is 12.1. The zero-order valence-electron chi connectivity index (χ0n) is 12.0. The van der Waals surface area contributed by atoms with Gasteiger partial charge in [-0.05, 0) is 31.6 Å². The quantitative estimate of drug-likeness (QED) is 0.806. The second-order valence-electron chi connectivity index (χ2n) is 5.34. The predicted octanol–water partition coefficient (Wildman–Crippen LogP) is 2.46. The lowest BCUT2D eigenvalue weighted by Gasteiger charge is -2.24. The van der Waals surface area contributed by atoms with Gasteiger partial charge >= 0.3 is 12.0 Å². The summed E-state index contributed by atoms with van der Waals surface area (Å²) in [6.45, 7) is 5.66. The van der Waals surface area contributed by atoms with Gasteiger partial charge in [0.2, 0.25) is 0 Å². The van der Waals surface area contributed by atoms with Gasteiger partial charge < -0.3 is 15.3 Å². The molecule has 1 aliphatic rings. The molecular weight excluding hydrogens is 244 g/mol. The Balaban J connectivity index is 2.45. The second-order valence-corrected chi connectivity index (χ2v) is 5.34. The van der Waals surface area contributed by atoms with Crippen molar-refractivity contribution in [3.63, 3.8) is 0 Å². The first-order chi connectivity index (χ1) is 9.06. The van der Waals surface area contributed by atoms with Crippen molar-refractivity contribution in [2.45, 2.75) is 58.4 Å². The maximum absolute atomic E-state index is 12.1. The van der Waals surface area contributed by atoms with Crippen LogP contribution in [0.1, 0.15) is 52.4 Å². The number of nitrogens with one attached hydrogen (secondary N) is 1. The van der Waals surface area contributed by atoms with Crippen LogP contribution in [0.25, 0.3) is 0 Å². The molecule has 0 radical (unpaired) electrons. The fraction of sp³-hybridized carbons (Fsp3) is 0.857. The van der Waals surface area contributed by atoms with Gasteiger partial charge in [0.1, 0.15) is 0 Å². The largest absolute Gasteiger partial charge is 0.481 e. The first kappa shape index (κ1) is 15.8. The number of rotatable bonds is 5. The third-order valence-electron chi connectivity index (χ3n) is 3.95. The molecule has 1 heterocycles. The lowest BCUT2D eigenvalue weighted by atomic mass is 9.98. The molecule has 1 fully saturated rings. The summed E-state index contributed by atoms with van der Waals surface area (Å²) in [7, 11) is 0. The molecule has 0 aromatic carbocycles. The molecule has 1 rings (SSSR count). The van der Waals surface area contributed by atoms with Crippen LogP contribution in [-0.2, 0) is 4.79 Å². The van der Waals surface area contributed by atoms with Crippen LogP contribution in [0.3, 0.4) is 0 Å². The molecule has 1 saturated heterocycles. The van der Waals surface area contributed by atoms with Crippen LogP contribution in [0.5, 0.6) is 0 Å². The minimum absolute atomic E-state index is 0.00628. The normalized spacial score (nSPS) is 21.6. The molecule has 2 N–H and O–H groups in total. The Morgan fingerprint density at radius 3 is 2.63 bits per heavy atom. The Morgan fingerprint density at radius 1 is 1.32 bits per heavy atom. The fourth-order valence-corrected chi connectivity index (χ4v) is 2.55. The van der Waals surface area contributed by atoms with Crippen LogP contribution in [0.4, 0.5) is 4.79 Å². The zero-order valence-corrected chi connectivity index (χ0v) is 12.0. The van der Waals surface area contributed by atoms with E-state index >= 15 is 0 Å². The molecule has 0 bridgehead atoms. The highest BCUT2D eigenvalue weighted by molar-refractivity contribution is 5.76. The Bertz CT molecular complexity index is 307. The molecule has 2 unspecified atom stereocenters. The number of urea groups is 1. The number of aliphatic carboxylic acids is 1. The van der Waals surface area contributed by atoms with E-state index in [0.717, 1.165) is 31.8 Å². The predicted molar refractivity (Wildman–Crippen MR) is 74.1 cm³/mol. The maximum Gasteiger partial charge on any atom is 0.317 e. The second kappa shape index (κ2) is 8.02. The molecule has 2 amide bonds. The van der Waals surface area contributed by atoms with Gasteiger partial charge in [-0.2, -0.15) is 0 Å². The van der Waals surface area contributed by atoms with Crippen LogP contribution in [-0.4, -0.2) is 41.1 Å². The molecule has 19 heavy (non-hydrogen) atoms. The standard InChI is InChI=1S/C14H26N2O3/c1-3-11-6-5-8-16(9-7-11)14(19)15-12(4-2)10-13(17)18/h11-12H,3-10H2,1-2H3,(H,15,19)(H,17,18). The van der Waals surface area contributed by atoms with E-state index in [2.05, 4.69) is 12.2 Å². The summed E-state index contributed by atoms with van der Waals surface area (Å²) < 4.78 is 0. The van der Waals surface area contributed by atoms with E-state index in [1.807, 2.05) is 11.8 Å². The molecule has 0 aromatic heterocycles. The highest BCUT2D eigenvalue weighted by atomic mass is 16.4. The van der Waals surface area contributed by atoms with Crippen molar-refractivity contribution in [2.75, 3.05) is 13.1 Å². The molecule has 2 atom stereocenters. The third-order valence-corrected chi connectivity index (χ3v) is 3.95. The van der Waals surface area contributed by atoms with E-state index in [0.29, 0.717) is 6.42 Å². The number of hydrogen-bond acceptors (Lipinski definition) is 2. The lowest BCUT2D eigenvalue weighted by molar-refractivity contribution is -0.137. The van der Waals surface area contributed by atoms with Crippen molar-refractivity contribution in [3.05, 3.63) is 0 Å². The van der Waals surface area contributed by atoms with E-state index in [4.69, 9.17) is 5.11 Å². The number of nitrogens with zero attached hydrogens (tertiary/aromatic N) is 1. The van der Waals surface area contributed by atoms with Gasteiger partial charge in [-0.1, -0.05) is 20.3 Å². The number of hydrogen-bond donors (Lipinski definition) is 2. The SMILES string of the molecule is CCC1CCCN(C(=O)NC(CC)CC(=O)O)CC1. The van der Waals surface area contributed by atoms with Gasteiger partial charge in [-0.25, -0.2) is 4.79 Å². The highest BCUT2D eigenvalue weighted by Gasteiger charge is 2.22. The summed E-state index contributed by atoms with van der Waals surface area (Å²) in [4.78, 5) is 24.7. The van der Waals surface area contributed by atoms with E-state index < -0.39 is 5.97 Å². The van der Waals surface area contributed by atoms with Crippen LogP contribution in [0.15, 0.2) is 0 Å². The average molecular weight is 270 g/mol. The molecule has 0 spiro atoms. The Kier molecular flexibility index (Phi) is 6.67. The van der Waals surface area contributed by atoms with E-state index in [-0.39, 0.29) is 18.5 Å². The van der Waals surface area contributed by atoms with Crippen LogP contribution in [0.2, 0.25) is 0 Å². The molecular formula is C14H26N2O3. The number of likely N-dealkylation sites (tertiary alicyclic amines) is 1. The minimum atomic E-state index is -0.867. The van der Waals surface area contributed by atoms with Gasteiger partial charge in [-0.15, -0.1) is 0 Å². The van der Waals surface area contributed by atoms with Crippen LogP contribution in [0, 0.1) is 5.92 Å². The number of carbonyl (C=O) groups excluding carboxylic acids is 1. The molecule has 5 nitrogen and oxygen atoms in total. The smallest absolute Gasteiger partial charge is 0.317 e. The summed E-state index contributed by atoms with van der Waals surface area (Å²) in [6.07, 6.45) is 5.09. The molecule has 1 aliphatic heterocycles. The monoisotopic (exact) mass is 270 g/mol. The molecule has 0 aliphatic carbocycles. The molecule has 0 saturated carbocycles. The third kappa shape index (κ3) is 5.49. The fourth-order valence-electron chi connectivity index (χ4n) is 2.55. The van der Waals surface area contributed by atoms with Crippen molar-refractivity contribution >= 4 is 12.0 Å². The Hall–Kier alpha value is -1.26. The van der Waals surface area contributed by atoms with E-state index in [9.17, 15) is 9.59 Å². The molecule has 0 aromatic rings. The number of carboxylic acid groups (broad SMARTS) is 1. The summed E-state index contributed by atoms with van der Waals surface area (Å²) in [5.41, 5.74) is 0. The van der Waals surface area contributed by atoms with Gasteiger partial charge in [0.15, 0.2) is 0 Å². The van der Waals surface area contributed by atoms with Crippen molar-refractivity contribution in [1.82, 2.24) is 10.2 Å². The van der Waals surface area contributed by atoms with Crippen molar-refractivity contribution in [1.29, 1.82) is 0 Å². The summed E-state index contributed by atoms with van der Waals surface area (Å²) in [6, 6.07) is -0.375. The van der Waals surface area contributed by atoms with Gasteiger partial charge in [0.05, 0.1) is 6.42 Å². The first-order valence-corrected chi connectivity index (χ1v) is 7.34. The number of carboxylic acids is 1. The Labute approximate surface area is 115 Å². The van der Waals surface area contributed by atoms with Gasteiger partial charge in [-0.3, -0.25) is 4.79 Å².